The third-order valence-electron chi connectivity index (χ3n) is 4.75. The molecule has 0 fully saturated rings. The van der Waals surface area contributed by atoms with Gasteiger partial charge in [0, 0.05) is 36.5 Å². The number of para-hydroxylation sites is 1. The SMILES string of the molecule is CCCCc1oc2ccccc2c1CN(C)S(=O)(=O)c1cccc(C(N)=O)c1. The molecule has 0 unspecified atom stereocenters. The first-order valence-electron chi connectivity index (χ1n) is 9.20. The second-order valence-corrected chi connectivity index (χ2v) is 8.80. The highest BCUT2D eigenvalue weighted by Gasteiger charge is 2.25. The van der Waals surface area contributed by atoms with Crippen molar-refractivity contribution in [3.05, 3.63) is 65.4 Å². The third kappa shape index (κ3) is 3.95. The Hall–Kier alpha value is -2.64. The van der Waals surface area contributed by atoms with Crippen LogP contribution in [0.15, 0.2) is 57.8 Å². The first-order chi connectivity index (χ1) is 13.3. The minimum Gasteiger partial charge on any atom is -0.461 e. The second kappa shape index (κ2) is 8.16. The Labute approximate surface area is 165 Å². The number of unbranched alkanes of at least 4 members (excludes halogenated alkanes) is 1. The molecule has 7 heteroatoms. The molecule has 0 radical (unpaired) electrons. The molecule has 1 amide bonds. The van der Waals surface area contributed by atoms with Crippen LogP contribution in [-0.2, 0) is 23.0 Å². The molecule has 0 spiro atoms. The average Bonchev–Trinajstić information content (AvgIpc) is 3.03. The van der Waals surface area contributed by atoms with E-state index in [-0.39, 0.29) is 17.0 Å². The lowest BCUT2D eigenvalue weighted by molar-refractivity contribution is 0.1000. The number of carbonyl (C=O) groups is 1. The van der Waals surface area contributed by atoms with Gasteiger partial charge in [0.25, 0.3) is 0 Å². The summed E-state index contributed by atoms with van der Waals surface area (Å²) in [5, 5.41) is 0.918. The second-order valence-electron chi connectivity index (χ2n) is 6.76. The maximum Gasteiger partial charge on any atom is 0.248 e. The number of fused-ring (bicyclic) bond motifs is 1. The molecule has 3 rings (SSSR count). The molecule has 0 saturated heterocycles. The number of nitrogens with zero attached hydrogens (tertiary/aromatic N) is 1. The van der Waals surface area contributed by atoms with Crippen LogP contribution in [0.4, 0.5) is 0 Å². The molecule has 0 atom stereocenters. The van der Waals surface area contributed by atoms with Gasteiger partial charge >= 0.3 is 0 Å². The summed E-state index contributed by atoms with van der Waals surface area (Å²) in [4.78, 5) is 11.4. The summed E-state index contributed by atoms with van der Waals surface area (Å²) >= 11 is 0. The Kier molecular flexibility index (Phi) is 5.86. The van der Waals surface area contributed by atoms with Crippen LogP contribution >= 0.6 is 0 Å². The topological polar surface area (TPSA) is 93.6 Å². The molecule has 1 aromatic heterocycles. The van der Waals surface area contributed by atoms with Gasteiger partial charge in [0.05, 0.1) is 4.90 Å². The maximum atomic E-state index is 13.0. The number of aryl methyl sites for hydroxylation is 1. The number of primary amides is 1. The molecule has 2 N–H and O–H groups in total. The number of sulfonamides is 1. The van der Waals surface area contributed by atoms with E-state index in [1.54, 1.807) is 0 Å². The van der Waals surface area contributed by atoms with E-state index in [0.29, 0.717) is 0 Å². The Morgan fingerprint density at radius 1 is 1.14 bits per heavy atom. The minimum atomic E-state index is -3.79. The van der Waals surface area contributed by atoms with Crippen molar-refractivity contribution in [2.75, 3.05) is 7.05 Å². The predicted molar refractivity (Wildman–Crippen MR) is 108 cm³/mol. The van der Waals surface area contributed by atoms with E-state index in [1.807, 2.05) is 24.3 Å². The molecule has 148 valence electrons. The predicted octanol–water partition coefficient (Wildman–Crippen LogP) is 3.70. The quantitative estimate of drug-likeness (QED) is 0.624. The van der Waals surface area contributed by atoms with Gasteiger partial charge in [-0.15, -0.1) is 0 Å². The van der Waals surface area contributed by atoms with Crippen LogP contribution in [0.25, 0.3) is 11.0 Å². The zero-order chi connectivity index (χ0) is 20.3. The number of carbonyl (C=O) groups excluding carboxylic acids is 1. The lowest BCUT2D eigenvalue weighted by Gasteiger charge is -2.18. The Balaban J connectivity index is 1.97. The third-order valence-corrected chi connectivity index (χ3v) is 6.55. The molecule has 6 nitrogen and oxygen atoms in total. The fraction of sp³-hybridized carbons (Fsp3) is 0.286. The molecule has 1 heterocycles. The molecular weight excluding hydrogens is 376 g/mol. The number of nitrogens with two attached hydrogens (primary N) is 1. The lowest BCUT2D eigenvalue weighted by Crippen LogP contribution is -2.27. The summed E-state index contributed by atoms with van der Waals surface area (Å²) in [5.74, 6) is 0.151. The van der Waals surface area contributed by atoms with Gasteiger partial charge in [-0.1, -0.05) is 37.6 Å². The number of hydrogen-bond acceptors (Lipinski definition) is 4. The number of hydrogen-bond donors (Lipinski definition) is 1. The molecule has 3 aromatic rings. The van der Waals surface area contributed by atoms with E-state index in [0.717, 1.165) is 41.6 Å². The summed E-state index contributed by atoms with van der Waals surface area (Å²) < 4.78 is 33.3. The zero-order valence-electron chi connectivity index (χ0n) is 16.0. The van der Waals surface area contributed by atoms with Crippen LogP contribution in [0.3, 0.4) is 0 Å². The van der Waals surface area contributed by atoms with E-state index in [4.69, 9.17) is 10.2 Å². The van der Waals surface area contributed by atoms with Gasteiger partial charge in [0.2, 0.25) is 15.9 Å². The Morgan fingerprint density at radius 2 is 1.89 bits per heavy atom. The molecule has 0 aliphatic rings. The highest BCUT2D eigenvalue weighted by molar-refractivity contribution is 7.89. The van der Waals surface area contributed by atoms with E-state index in [1.165, 1.54) is 35.6 Å². The first kappa shape index (κ1) is 20.1. The zero-order valence-corrected chi connectivity index (χ0v) is 16.8. The van der Waals surface area contributed by atoms with Crippen molar-refractivity contribution in [2.45, 2.75) is 37.6 Å². The standard InChI is InChI=1S/C21H24N2O4S/c1-3-4-11-20-18(17-10-5-6-12-19(17)27-20)14-23(2)28(25,26)16-9-7-8-15(13-16)21(22)24/h5-10,12-13H,3-4,11,14H2,1-2H3,(H2,22,24). The fourth-order valence-corrected chi connectivity index (χ4v) is 4.34. The number of rotatable bonds is 8. The monoisotopic (exact) mass is 400 g/mol. The van der Waals surface area contributed by atoms with E-state index < -0.39 is 15.9 Å². The summed E-state index contributed by atoms with van der Waals surface area (Å²) in [5.41, 5.74) is 7.07. The highest BCUT2D eigenvalue weighted by atomic mass is 32.2. The van der Waals surface area contributed by atoms with Crippen LogP contribution in [0.5, 0.6) is 0 Å². The fourth-order valence-electron chi connectivity index (χ4n) is 3.16. The lowest BCUT2D eigenvalue weighted by atomic mass is 10.1. The summed E-state index contributed by atoms with van der Waals surface area (Å²) in [7, 11) is -2.27. The largest absolute Gasteiger partial charge is 0.461 e. The van der Waals surface area contributed by atoms with Crippen molar-refractivity contribution in [1.29, 1.82) is 0 Å². The van der Waals surface area contributed by atoms with Gasteiger partial charge in [-0.05, 0) is 30.7 Å². The van der Waals surface area contributed by atoms with Crippen molar-refractivity contribution in [1.82, 2.24) is 4.31 Å². The first-order valence-corrected chi connectivity index (χ1v) is 10.6. The van der Waals surface area contributed by atoms with Crippen LogP contribution in [0.2, 0.25) is 0 Å². The van der Waals surface area contributed by atoms with Crippen LogP contribution in [0, 0.1) is 0 Å². The van der Waals surface area contributed by atoms with Crippen molar-refractivity contribution >= 4 is 26.9 Å². The molecular formula is C21H24N2O4S. The van der Waals surface area contributed by atoms with Crippen LogP contribution in [0.1, 0.15) is 41.4 Å². The van der Waals surface area contributed by atoms with Crippen molar-refractivity contribution in [2.24, 2.45) is 5.73 Å². The molecule has 0 aliphatic heterocycles. The summed E-state index contributed by atoms with van der Waals surface area (Å²) in [6.07, 6.45) is 2.74. The van der Waals surface area contributed by atoms with Crippen LogP contribution in [-0.4, -0.2) is 25.7 Å². The Morgan fingerprint density at radius 3 is 2.61 bits per heavy atom. The molecule has 0 bridgehead atoms. The van der Waals surface area contributed by atoms with Gasteiger partial charge in [0.15, 0.2) is 0 Å². The summed E-state index contributed by atoms with van der Waals surface area (Å²) in [6.45, 7) is 2.28. The number of furan rings is 1. The number of amides is 1. The van der Waals surface area contributed by atoms with E-state index in [9.17, 15) is 13.2 Å². The van der Waals surface area contributed by atoms with Gasteiger partial charge in [-0.25, -0.2) is 8.42 Å². The smallest absolute Gasteiger partial charge is 0.248 e. The maximum absolute atomic E-state index is 13.0. The van der Waals surface area contributed by atoms with E-state index in [2.05, 4.69) is 6.92 Å². The van der Waals surface area contributed by atoms with Crippen molar-refractivity contribution in [3.8, 4) is 0 Å². The molecule has 0 saturated carbocycles. The molecule has 0 aliphatic carbocycles. The van der Waals surface area contributed by atoms with Gasteiger partial charge in [-0.3, -0.25) is 4.79 Å². The van der Waals surface area contributed by atoms with Crippen molar-refractivity contribution < 1.29 is 17.6 Å². The number of benzene rings is 2. The van der Waals surface area contributed by atoms with Gasteiger partial charge < -0.3 is 10.2 Å². The van der Waals surface area contributed by atoms with E-state index >= 15 is 0 Å². The summed E-state index contributed by atoms with van der Waals surface area (Å²) in [6, 6.07) is 13.4. The molecule has 2 aromatic carbocycles. The Bertz CT molecular complexity index is 1100. The highest BCUT2D eigenvalue weighted by Crippen LogP contribution is 2.29. The normalized spacial score (nSPS) is 12.0. The van der Waals surface area contributed by atoms with Gasteiger partial charge in [0.1, 0.15) is 11.3 Å². The van der Waals surface area contributed by atoms with Crippen LogP contribution < -0.4 is 5.73 Å². The average molecular weight is 401 g/mol. The minimum absolute atomic E-state index is 0.0363. The van der Waals surface area contributed by atoms with Crippen molar-refractivity contribution in [3.63, 3.8) is 0 Å². The van der Waals surface area contributed by atoms with Gasteiger partial charge in [-0.2, -0.15) is 4.31 Å². The molecule has 28 heavy (non-hydrogen) atoms.